The quantitative estimate of drug-likeness (QED) is 0.0409. The largest absolute Gasteiger partial charge is 0.481 e. The summed E-state index contributed by atoms with van der Waals surface area (Å²) in [6.45, 7) is 11.0. The third-order valence-corrected chi connectivity index (χ3v) is 10.6. The molecule has 0 amide bonds. The monoisotopic (exact) mass is 773 g/mol. The van der Waals surface area contributed by atoms with Crippen molar-refractivity contribution in [2.75, 3.05) is 26.4 Å². The minimum atomic E-state index is -0.921. The Morgan fingerprint density at radius 1 is 0.389 bits per heavy atom. The molecule has 0 aliphatic carbocycles. The van der Waals surface area contributed by atoms with E-state index in [1.54, 1.807) is 0 Å². The molecule has 54 heavy (non-hydrogen) atoms. The van der Waals surface area contributed by atoms with Gasteiger partial charge in [0.15, 0.2) is 12.6 Å². The molecule has 0 radical (unpaired) electrons. The topological polar surface area (TPSA) is 132 Å². The third kappa shape index (κ3) is 34.0. The van der Waals surface area contributed by atoms with Crippen LogP contribution in [-0.4, -0.2) is 72.4 Å². The SMILES string of the molecule is CCCCCCCCOC(CC(CCC(O)CCC(CC(OCCCCCCCC)OCCCCCCCC)C(=O)O)C(=O)O)OCCCCCCCC. The highest BCUT2D eigenvalue weighted by Gasteiger charge is 2.27. The first kappa shape index (κ1) is 52.7. The Bertz CT molecular complexity index is 710. The molecule has 9 heteroatoms. The van der Waals surface area contributed by atoms with E-state index in [-0.39, 0.29) is 38.5 Å². The van der Waals surface area contributed by atoms with E-state index in [1.165, 1.54) is 103 Å². The summed E-state index contributed by atoms with van der Waals surface area (Å²) in [5.74, 6) is -3.28. The van der Waals surface area contributed by atoms with Crippen molar-refractivity contribution in [3.05, 3.63) is 0 Å². The summed E-state index contributed by atoms with van der Waals surface area (Å²) >= 11 is 0. The lowest BCUT2D eigenvalue weighted by Crippen LogP contribution is -2.28. The van der Waals surface area contributed by atoms with E-state index in [9.17, 15) is 24.9 Å². The lowest BCUT2D eigenvalue weighted by molar-refractivity contribution is -0.166. The van der Waals surface area contributed by atoms with Gasteiger partial charge in [-0.05, 0) is 51.4 Å². The van der Waals surface area contributed by atoms with Crippen LogP contribution in [0.25, 0.3) is 0 Å². The van der Waals surface area contributed by atoms with Crippen LogP contribution in [0.4, 0.5) is 0 Å². The van der Waals surface area contributed by atoms with Crippen molar-refractivity contribution >= 4 is 11.9 Å². The summed E-state index contributed by atoms with van der Waals surface area (Å²) in [5.41, 5.74) is 0. The molecule has 0 aromatic carbocycles. The summed E-state index contributed by atoms with van der Waals surface area (Å²) in [7, 11) is 0. The maximum atomic E-state index is 12.3. The van der Waals surface area contributed by atoms with Crippen molar-refractivity contribution in [2.45, 2.75) is 239 Å². The van der Waals surface area contributed by atoms with E-state index in [4.69, 9.17) is 18.9 Å². The van der Waals surface area contributed by atoms with Crippen LogP contribution in [0.2, 0.25) is 0 Å². The van der Waals surface area contributed by atoms with Crippen molar-refractivity contribution in [1.29, 1.82) is 0 Å². The van der Waals surface area contributed by atoms with Crippen molar-refractivity contribution in [3.63, 3.8) is 0 Å². The fraction of sp³-hybridized carbons (Fsp3) is 0.956. The lowest BCUT2D eigenvalue weighted by atomic mass is 9.92. The molecule has 2 unspecified atom stereocenters. The Morgan fingerprint density at radius 3 is 0.870 bits per heavy atom. The summed E-state index contributed by atoms with van der Waals surface area (Å²) < 4.78 is 24.4. The number of unbranched alkanes of at least 4 members (excludes halogenated alkanes) is 20. The molecule has 0 aliphatic heterocycles. The summed E-state index contributed by atoms with van der Waals surface area (Å²) in [6.07, 6.45) is 27.1. The minimum absolute atomic E-state index is 0.235. The number of carboxylic acids is 2. The van der Waals surface area contributed by atoms with Gasteiger partial charge in [0.25, 0.3) is 0 Å². The standard InChI is InChI=1S/C45H88O9/c1-5-9-13-17-21-25-33-51-42(52-34-26-22-18-14-10-6-2)37-39(44(47)48)29-31-41(46)32-30-40(45(49)50)38-43(53-35-27-23-19-15-11-7-3)54-36-28-24-20-16-12-8-4/h39-43,46H,5-38H2,1-4H3,(H,47,48)(H,49,50). The van der Waals surface area contributed by atoms with Crippen molar-refractivity contribution in [3.8, 4) is 0 Å². The lowest BCUT2D eigenvalue weighted by Gasteiger charge is -2.24. The Morgan fingerprint density at radius 2 is 0.630 bits per heavy atom. The number of aliphatic carboxylic acids is 2. The fourth-order valence-corrected chi connectivity index (χ4v) is 6.84. The van der Waals surface area contributed by atoms with Gasteiger partial charge in [-0.2, -0.15) is 0 Å². The van der Waals surface area contributed by atoms with Gasteiger partial charge in [0.2, 0.25) is 0 Å². The highest BCUT2D eigenvalue weighted by molar-refractivity contribution is 5.70. The second kappa shape index (κ2) is 40.0. The van der Waals surface area contributed by atoms with Crippen molar-refractivity contribution in [2.24, 2.45) is 11.8 Å². The van der Waals surface area contributed by atoms with Gasteiger partial charge in [-0.3, -0.25) is 9.59 Å². The molecule has 0 fully saturated rings. The van der Waals surface area contributed by atoms with Crippen LogP contribution >= 0.6 is 0 Å². The van der Waals surface area contributed by atoms with Gasteiger partial charge in [0.05, 0.1) is 17.9 Å². The first-order valence-electron chi connectivity index (χ1n) is 22.9. The van der Waals surface area contributed by atoms with Gasteiger partial charge < -0.3 is 34.3 Å². The molecule has 2 atom stereocenters. The zero-order valence-corrected chi connectivity index (χ0v) is 35.7. The second-order valence-corrected chi connectivity index (χ2v) is 15.8. The Hall–Kier alpha value is -1.26. The molecular weight excluding hydrogens is 684 g/mol. The number of hydrogen-bond donors (Lipinski definition) is 3. The van der Waals surface area contributed by atoms with E-state index in [0.29, 0.717) is 26.4 Å². The normalized spacial score (nSPS) is 13.5. The van der Waals surface area contributed by atoms with Crippen LogP contribution in [-0.2, 0) is 28.5 Å². The smallest absolute Gasteiger partial charge is 0.306 e. The number of rotatable bonds is 44. The average Bonchev–Trinajstić information content (AvgIpc) is 3.15. The highest BCUT2D eigenvalue weighted by Crippen LogP contribution is 2.24. The van der Waals surface area contributed by atoms with E-state index in [2.05, 4.69) is 27.7 Å². The third-order valence-electron chi connectivity index (χ3n) is 10.6. The summed E-state index contributed by atoms with van der Waals surface area (Å²) in [4.78, 5) is 24.7. The molecule has 3 N–H and O–H groups in total. The minimum Gasteiger partial charge on any atom is -0.481 e. The molecule has 0 aliphatic rings. The number of ether oxygens (including phenoxy) is 4. The van der Waals surface area contributed by atoms with Crippen LogP contribution in [0.1, 0.15) is 220 Å². The van der Waals surface area contributed by atoms with E-state index in [0.717, 1.165) is 51.4 Å². The molecule has 9 nitrogen and oxygen atoms in total. The van der Waals surface area contributed by atoms with Crippen LogP contribution in [0.5, 0.6) is 0 Å². The molecule has 0 spiro atoms. The molecule has 0 bridgehead atoms. The maximum absolute atomic E-state index is 12.3. The number of aliphatic hydroxyl groups excluding tert-OH is 1. The number of aliphatic hydroxyl groups is 1. The number of carbonyl (C=O) groups is 2. The molecule has 0 aromatic rings. The van der Waals surface area contributed by atoms with Gasteiger partial charge in [0.1, 0.15) is 0 Å². The Balaban J connectivity index is 5.07. The molecule has 0 aromatic heterocycles. The fourth-order valence-electron chi connectivity index (χ4n) is 6.84. The van der Waals surface area contributed by atoms with Gasteiger partial charge in [0, 0.05) is 39.3 Å². The van der Waals surface area contributed by atoms with Crippen molar-refractivity contribution < 1.29 is 43.9 Å². The maximum Gasteiger partial charge on any atom is 0.306 e. The van der Waals surface area contributed by atoms with Gasteiger partial charge in [-0.25, -0.2) is 0 Å². The first-order chi connectivity index (χ1) is 26.3. The van der Waals surface area contributed by atoms with Crippen LogP contribution in [0, 0.1) is 11.8 Å². The van der Waals surface area contributed by atoms with E-state index in [1.807, 2.05) is 0 Å². The van der Waals surface area contributed by atoms with Crippen LogP contribution < -0.4 is 0 Å². The molecule has 322 valence electrons. The molecule has 0 saturated heterocycles. The van der Waals surface area contributed by atoms with Gasteiger partial charge >= 0.3 is 11.9 Å². The van der Waals surface area contributed by atoms with Gasteiger partial charge in [-0.15, -0.1) is 0 Å². The molecule has 0 heterocycles. The number of carboxylic acid groups (broad SMARTS) is 2. The van der Waals surface area contributed by atoms with Crippen molar-refractivity contribution in [1.82, 2.24) is 0 Å². The molecule has 0 rings (SSSR count). The summed E-state index contributed by atoms with van der Waals surface area (Å²) in [5, 5.41) is 31.1. The van der Waals surface area contributed by atoms with Crippen LogP contribution in [0.15, 0.2) is 0 Å². The first-order valence-corrected chi connectivity index (χ1v) is 22.9. The van der Waals surface area contributed by atoms with Crippen LogP contribution in [0.3, 0.4) is 0 Å². The predicted molar refractivity (Wildman–Crippen MR) is 221 cm³/mol. The zero-order chi connectivity index (χ0) is 39.9. The summed E-state index contributed by atoms with van der Waals surface area (Å²) in [6, 6.07) is 0. The average molecular weight is 773 g/mol. The highest BCUT2D eigenvalue weighted by atomic mass is 16.7. The Labute approximate surface area is 332 Å². The molecule has 0 saturated carbocycles. The van der Waals surface area contributed by atoms with E-state index >= 15 is 0 Å². The predicted octanol–water partition coefficient (Wildman–Crippen LogP) is 12.3. The number of hydrogen-bond acceptors (Lipinski definition) is 7. The second-order valence-electron chi connectivity index (χ2n) is 15.8. The Kier molecular flexibility index (Phi) is 39.0. The van der Waals surface area contributed by atoms with E-state index < -0.39 is 42.5 Å². The molecular formula is C45H88O9. The van der Waals surface area contributed by atoms with Gasteiger partial charge in [-0.1, -0.05) is 156 Å². The zero-order valence-electron chi connectivity index (χ0n) is 35.7.